The third kappa shape index (κ3) is 2.93. The molecule has 1 heterocycles. The molecule has 2 aromatic rings. The van der Waals surface area contributed by atoms with E-state index in [0.29, 0.717) is 0 Å². The molecule has 0 atom stereocenters. The van der Waals surface area contributed by atoms with Crippen molar-refractivity contribution in [3.63, 3.8) is 0 Å². The predicted octanol–water partition coefficient (Wildman–Crippen LogP) is 3.35. The van der Waals surface area contributed by atoms with Gasteiger partial charge in [0.1, 0.15) is 0 Å². The van der Waals surface area contributed by atoms with E-state index < -0.39 is 0 Å². The zero-order valence-corrected chi connectivity index (χ0v) is 11.0. The van der Waals surface area contributed by atoms with E-state index in [9.17, 15) is 0 Å². The zero-order valence-electron chi connectivity index (χ0n) is 10.2. The Morgan fingerprint density at radius 3 is 2.82 bits per heavy atom. The van der Waals surface area contributed by atoms with Crippen molar-refractivity contribution >= 4 is 11.3 Å². The number of aliphatic hydroxyl groups excluding tert-OH is 1. The zero-order chi connectivity index (χ0) is 12.3. The maximum absolute atomic E-state index is 8.80. The van der Waals surface area contributed by atoms with Gasteiger partial charge in [-0.25, -0.2) is 4.98 Å². The van der Waals surface area contributed by atoms with Crippen LogP contribution in [0.1, 0.15) is 22.6 Å². The minimum Gasteiger partial charge on any atom is -0.396 e. The van der Waals surface area contributed by atoms with Gasteiger partial charge in [-0.05, 0) is 25.8 Å². The second-order valence-corrected chi connectivity index (χ2v) is 5.21. The maximum Gasteiger partial charge on any atom is 0.0933 e. The van der Waals surface area contributed by atoms with Crippen LogP contribution in [-0.4, -0.2) is 16.7 Å². The lowest BCUT2D eigenvalue weighted by molar-refractivity contribution is 0.288. The Balaban J connectivity index is 2.24. The van der Waals surface area contributed by atoms with E-state index in [1.54, 1.807) is 11.3 Å². The van der Waals surface area contributed by atoms with Gasteiger partial charge in [0.15, 0.2) is 0 Å². The fourth-order valence-corrected chi connectivity index (χ4v) is 2.72. The first-order chi connectivity index (χ1) is 8.20. The van der Waals surface area contributed by atoms with Gasteiger partial charge in [-0.3, -0.25) is 0 Å². The van der Waals surface area contributed by atoms with E-state index in [-0.39, 0.29) is 6.61 Å². The SMILES string of the molecule is Cc1ccc(-c2csc(CCCO)n2)c(C)c1. The molecule has 0 aliphatic heterocycles. The lowest BCUT2D eigenvalue weighted by Crippen LogP contribution is -1.89. The quantitative estimate of drug-likeness (QED) is 0.898. The van der Waals surface area contributed by atoms with Crippen molar-refractivity contribution in [2.24, 2.45) is 0 Å². The molecule has 0 amide bonds. The molecule has 0 radical (unpaired) electrons. The average molecular weight is 247 g/mol. The molecule has 0 aliphatic rings. The number of aryl methyl sites for hydroxylation is 3. The van der Waals surface area contributed by atoms with Crippen LogP contribution < -0.4 is 0 Å². The largest absolute Gasteiger partial charge is 0.396 e. The fourth-order valence-electron chi connectivity index (χ4n) is 1.88. The summed E-state index contributed by atoms with van der Waals surface area (Å²) in [4.78, 5) is 4.62. The number of hydrogen-bond donors (Lipinski definition) is 1. The van der Waals surface area contributed by atoms with Gasteiger partial charge in [0, 0.05) is 24.0 Å². The highest BCUT2D eigenvalue weighted by atomic mass is 32.1. The summed E-state index contributed by atoms with van der Waals surface area (Å²) in [5.74, 6) is 0. The molecule has 0 saturated heterocycles. The third-order valence-corrected chi connectivity index (χ3v) is 3.67. The van der Waals surface area contributed by atoms with E-state index >= 15 is 0 Å². The summed E-state index contributed by atoms with van der Waals surface area (Å²) in [6, 6.07) is 6.44. The molecule has 0 spiro atoms. The van der Waals surface area contributed by atoms with Crippen LogP contribution in [0.4, 0.5) is 0 Å². The molecule has 1 aromatic heterocycles. The van der Waals surface area contributed by atoms with Crippen molar-refractivity contribution in [1.82, 2.24) is 4.98 Å². The van der Waals surface area contributed by atoms with Crippen LogP contribution >= 0.6 is 11.3 Å². The minimum atomic E-state index is 0.235. The normalized spacial score (nSPS) is 10.8. The van der Waals surface area contributed by atoms with E-state index in [2.05, 4.69) is 42.4 Å². The van der Waals surface area contributed by atoms with E-state index in [0.717, 1.165) is 23.5 Å². The van der Waals surface area contributed by atoms with E-state index in [1.807, 2.05) is 0 Å². The van der Waals surface area contributed by atoms with Crippen molar-refractivity contribution in [2.45, 2.75) is 26.7 Å². The molecule has 90 valence electrons. The summed E-state index contributed by atoms with van der Waals surface area (Å²) in [5, 5.41) is 12.0. The summed E-state index contributed by atoms with van der Waals surface area (Å²) < 4.78 is 0. The number of aromatic nitrogens is 1. The van der Waals surface area contributed by atoms with Crippen LogP contribution in [0.15, 0.2) is 23.6 Å². The summed E-state index contributed by atoms with van der Waals surface area (Å²) >= 11 is 1.68. The first-order valence-electron chi connectivity index (χ1n) is 5.83. The lowest BCUT2D eigenvalue weighted by Gasteiger charge is -2.03. The lowest BCUT2D eigenvalue weighted by atomic mass is 10.0. The molecule has 0 aliphatic carbocycles. The van der Waals surface area contributed by atoms with Gasteiger partial charge in [-0.15, -0.1) is 11.3 Å². The van der Waals surface area contributed by atoms with Gasteiger partial charge in [-0.1, -0.05) is 23.8 Å². The first-order valence-corrected chi connectivity index (χ1v) is 6.71. The number of benzene rings is 1. The highest BCUT2D eigenvalue weighted by Gasteiger charge is 2.06. The maximum atomic E-state index is 8.80. The van der Waals surface area contributed by atoms with Gasteiger partial charge in [-0.2, -0.15) is 0 Å². The first kappa shape index (κ1) is 12.3. The number of hydrogen-bond acceptors (Lipinski definition) is 3. The Labute approximate surface area is 106 Å². The molecule has 2 rings (SSSR count). The van der Waals surface area contributed by atoms with Crippen LogP contribution in [0.25, 0.3) is 11.3 Å². The molecule has 3 heteroatoms. The Kier molecular flexibility index (Phi) is 3.92. The number of aliphatic hydroxyl groups is 1. The molecule has 0 fully saturated rings. The van der Waals surface area contributed by atoms with Crippen LogP contribution in [0, 0.1) is 13.8 Å². The topological polar surface area (TPSA) is 33.1 Å². The third-order valence-electron chi connectivity index (χ3n) is 2.76. The summed E-state index contributed by atoms with van der Waals surface area (Å²) in [5.41, 5.74) is 4.81. The summed E-state index contributed by atoms with van der Waals surface area (Å²) in [7, 11) is 0. The molecular weight excluding hydrogens is 230 g/mol. The van der Waals surface area contributed by atoms with Crippen LogP contribution in [0.5, 0.6) is 0 Å². The molecule has 2 nitrogen and oxygen atoms in total. The predicted molar refractivity (Wildman–Crippen MR) is 72.4 cm³/mol. The Morgan fingerprint density at radius 1 is 1.29 bits per heavy atom. The van der Waals surface area contributed by atoms with Crippen molar-refractivity contribution in [1.29, 1.82) is 0 Å². The van der Waals surface area contributed by atoms with Crippen LogP contribution in [0.3, 0.4) is 0 Å². The number of nitrogens with zero attached hydrogens (tertiary/aromatic N) is 1. The van der Waals surface area contributed by atoms with Gasteiger partial charge >= 0.3 is 0 Å². The second kappa shape index (κ2) is 5.43. The van der Waals surface area contributed by atoms with Gasteiger partial charge < -0.3 is 5.11 Å². The minimum absolute atomic E-state index is 0.235. The molecule has 0 bridgehead atoms. The van der Waals surface area contributed by atoms with E-state index in [1.165, 1.54) is 16.7 Å². The molecule has 0 saturated carbocycles. The van der Waals surface area contributed by atoms with Crippen molar-refractivity contribution in [3.8, 4) is 11.3 Å². The number of rotatable bonds is 4. The highest BCUT2D eigenvalue weighted by molar-refractivity contribution is 7.09. The van der Waals surface area contributed by atoms with Gasteiger partial charge in [0.05, 0.1) is 10.7 Å². The second-order valence-electron chi connectivity index (χ2n) is 4.27. The molecule has 1 aromatic carbocycles. The standard InChI is InChI=1S/C14H17NOS/c1-10-5-6-12(11(2)8-10)13-9-17-14(15-13)4-3-7-16/h5-6,8-9,16H,3-4,7H2,1-2H3. The Bertz CT molecular complexity index is 505. The Hall–Kier alpha value is -1.19. The van der Waals surface area contributed by atoms with Gasteiger partial charge in [0.25, 0.3) is 0 Å². The highest BCUT2D eigenvalue weighted by Crippen LogP contribution is 2.26. The molecular formula is C14H17NOS. The van der Waals surface area contributed by atoms with Gasteiger partial charge in [0.2, 0.25) is 0 Å². The molecule has 1 N–H and O–H groups in total. The van der Waals surface area contributed by atoms with E-state index in [4.69, 9.17) is 5.11 Å². The van der Waals surface area contributed by atoms with Crippen molar-refractivity contribution in [2.75, 3.05) is 6.61 Å². The number of thiazole rings is 1. The fraction of sp³-hybridized carbons (Fsp3) is 0.357. The van der Waals surface area contributed by atoms with Crippen LogP contribution in [0.2, 0.25) is 0 Å². The van der Waals surface area contributed by atoms with Crippen molar-refractivity contribution in [3.05, 3.63) is 39.7 Å². The molecule has 0 unspecified atom stereocenters. The molecule has 17 heavy (non-hydrogen) atoms. The summed E-state index contributed by atoms with van der Waals surface area (Å²) in [6.07, 6.45) is 1.66. The Morgan fingerprint density at radius 2 is 2.12 bits per heavy atom. The van der Waals surface area contributed by atoms with Crippen molar-refractivity contribution < 1.29 is 5.11 Å². The average Bonchev–Trinajstić information content (AvgIpc) is 2.75. The summed E-state index contributed by atoms with van der Waals surface area (Å²) in [6.45, 7) is 4.46. The van der Waals surface area contributed by atoms with Crippen LogP contribution in [-0.2, 0) is 6.42 Å². The smallest absolute Gasteiger partial charge is 0.0933 e. The monoisotopic (exact) mass is 247 g/mol.